The average molecular weight is 248 g/mol. The normalized spacial score (nSPS) is 26.2. The van der Waals surface area contributed by atoms with Gasteiger partial charge in [-0.05, 0) is 19.9 Å². The first kappa shape index (κ1) is 12.6. The van der Waals surface area contributed by atoms with Crippen molar-refractivity contribution in [3.63, 3.8) is 0 Å². The summed E-state index contributed by atoms with van der Waals surface area (Å²) in [7, 11) is 1.52. The van der Waals surface area contributed by atoms with Gasteiger partial charge >= 0.3 is 0 Å². The second-order valence-electron chi connectivity index (χ2n) is 4.56. The summed E-state index contributed by atoms with van der Waals surface area (Å²) in [5.41, 5.74) is -0.584. The van der Waals surface area contributed by atoms with Crippen LogP contribution in [-0.4, -0.2) is 18.0 Å². The number of methoxy groups -OCH3 is 1. The minimum atomic E-state index is -1.13. The number of rotatable bonds is 2. The van der Waals surface area contributed by atoms with Crippen LogP contribution in [0, 0.1) is 5.41 Å². The molecule has 1 aromatic carbocycles. The highest BCUT2D eigenvalue weighted by molar-refractivity contribution is 5.86. The van der Waals surface area contributed by atoms with Gasteiger partial charge in [-0.1, -0.05) is 18.7 Å². The largest absolute Gasteiger partial charge is 0.493 e. The highest BCUT2D eigenvalue weighted by Gasteiger charge is 2.48. The molecule has 4 heteroatoms. The predicted molar refractivity (Wildman–Crippen MR) is 66.5 cm³/mol. The van der Waals surface area contributed by atoms with Crippen LogP contribution in [0.4, 0.5) is 0 Å². The van der Waals surface area contributed by atoms with Crippen molar-refractivity contribution in [2.75, 3.05) is 7.11 Å². The van der Waals surface area contributed by atoms with E-state index in [0.717, 1.165) is 0 Å². The molecule has 0 saturated heterocycles. The minimum absolute atomic E-state index is 0.187. The number of fused-ring (bicyclic) bond motifs is 1. The van der Waals surface area contributed by atoms with Gasteiger partial charge in [-0.3, -0.25) is 4.79 Å². The number of carbonyl (C=O) groups excluding carboxylic acids is 1. The second-order valence-corrected chi connectivity index (χ2v) is 4.56. The van der Waals surface area contributed by atoms with Crippen LogP contribution in [0.2, 0.25) is 0 Å². The molecule has 0 bridgehead atoms. The highest BCUT2D eigenvalue weighted by atomic mass is 16.5. The Hall–Kier alpha value is -1.81. The lowest BCUT2D eigenvalue weighted by Gasteiger charge is -2.39. The third kappa shape index (κ3) is 1.53. The third-order valence-electron chi connectivity index (χ3n) is 3.61. The fourth-order valence-corrected chi connectivity index (χ4v) is 2.10. The topological polar surface area (TPSA) is 55.8 Å². The van der Waals surface area contributed by atoms with E-state index in [4.69, 9.17) is 9.47 Å². The number of hydrogen-bond acceptors (Lipinski definition) is 4. The Bertz CT molecular complexity index is 521. The van der Waals surface area contributed by atoms with Crippen molar-refractivity contribution in [1.29, 1.82) is 0 Å². The second kappa shape index (κ2) is 4.14. The van der Waals surface area contributed by atoms with E-state index in [9.17, 15) is 9.90 Å². The number of aliphatic hydroxyl groups excluding tert-OH is 1. The lowest BCUT2D eigenvalue weighted by molar-refractivity contribution is -0.132. The first-order valence-electron chi connectivity index (χ1n) is 5.66. The van der Waals surface area contributed by atoms with Gasteiger partial charge in [-0.2, -0.15) is 0 Å². The van der Waals surface area contributed by atoms with Gasteiger partial charge in [0, 0.05) is 5.56 Å². The van der Waals surface area contributed by atoms with E-state index >= 15 is 0 Å². The summed E-state index contributed by atoms with van der Waals surface area (Å²) in [6.45, 7) is 6.80. The van der Waals surface area contributed by atoms with Crippen LogP contribution in [0.3, 0.4) is 0 Å². The molecule has 0 aliphatic carbocycles. The molecule has 1 aliphatic heterocycles. The van der Waals surface area contributed by atoms with Crippen molar-refractivity contribution in [1.82, 2.24) is 0 Å². The van der Waals surface area contributed by atoms with E-state index in [1.165, 1.54) is 14.0 Å². The summed E-state index contributed by atoms with van der Waals surface area (Å²) in [4.78, 5) is 11.8. The van der Waals surface area contributed by atoms with Crippen molar-refractivity contribution in [2.45, 2.75) is 20.0 Å². The van der Waals surface area contributed by atoms with Crippen LogP contribution in [0.15, 0.2) is 30.5 Å². The molecular formula is C14H16O4. The molecule has 1 N–H and O–H groups in total. The molecule has 2 rings (SSSR count). The van der Waals surface area contributed by atoms with Crippen molar-refractivity contribution in [3.05, 3.63) is 36.1 Å². The molecule has 18 heavy (non-hydrogen) atoms. The van der Waals surface area contributed by atoms with E-state index in [2.05, 4.69) is 6.58 Å². The average Bonchev–Trinajstić information content (AvgIpc) is 2.35. The number of para-hydroxylation sites is 1. The molecule has 0 radical (unpaired) electrons. The van der Waals surface area contributed by atoms with Gasteiger partial charge < -0.3 is 14.6 Å². The van der Waals surface area contributed by atoms with Crippen LogP contribution < -0.4 is 9.47 Å². The van der Waals surface area contributed by atoms with Crippen LogP contribution in [0.5, 0.6) is 11.5 Å². The highest BCUT2D eigenvalue weighted by Crippen LogP contribution is 2.51. The quantitative estimate of drug-likeness (QED) is 0.872. The van der Waals surface area contributed by atoms with Crippen LogP contribution in [0.1, 0.15) is 25.5 Å². The molecule has 2 unspecified atom stereocenters. The Balaban J connectivity index is 2.62. The van der Waals surface area contributed by atoms with Gasteiger partial charge in [0.1, 0.15) is 23.1 Å². The maximum atomic E-state index is 11.8. The zero-order chi connectivity index (χ0) is 13.5. The Morgan fingerprint density at radius 1 is 1.56 bits per heavy atom. The van der Waals surface area contributed by atoms with Crippen molar-refractivity contribution < 1.29 is 19.4 Å². The van der Waals surface area contributed by atoms with Crippen LogP contribution in [-0.2, 0) is 4.79 Å². The molecule has 1 heterocycles. The van der Waals surface area contributed by atoms with Crippen molar-refractivity contribution in [3.8, 4) is 11.5 Å². The molecule has 0 spiro atoms. The first-order valence-corrected chi connectivity index (χ1v) is 5.66. The van der Waals surface area contributed by atoms with Gasteiger partial charge in [0.15, 0.2) is 11.5 Å². The molecule has 0 amide bonds. The van der Waals surface area contributed by atoms with Crippen LogP contribution >= 0.6 is 0 Å². The summed E-state index contributed by atoms with van der Waals surface area (Å²) >= 11 is 0. The number of Topliss-reactive ketones (excluding diaryl/α,β-unsaturated/α-hetero) is 1. The Morgan fingerprint density at radius 3 is 2.78 bits per heavy atom. The summed E-state index contributed by atoms with van der Waals surface area (Å²) in [5.74, 6) is 0.988. The zero-order valence-corrected chi connectivity index (χ0v) is 10.7. The smallest absolute Gasteiger partial charge is 0.174 e. The lowest BCUT2D eigenvalue weighted by atomic mass is 9.74. The molecule has 1 aliphatic rings. The summed E-state index contributed by atoms with van der Waals surface area (Å²) in [6, 6.07) is 5.20. The Morgan fingerprint density at radius 2 is 2.22 bits per heavy atom. The Kier molecular flexibility index (Phi) is 2.91. The molecule has 4 nitrogen and oxygen atoms in total. The molecule has 0 saturated carbocycles. The number of benzene rings is 1. The minimum Gasteiger partial charge on any atom is -0.493 e. The van der Waals surface area contributed by atoms with Gasteiger partial charge in [-0.15, -0.1) is 0 Å². The fraction of sp³-hybridized carbons (Fsp3) is 0.357. The molecule has 0 fully saturated rings. The lowest BCUT2D eigenvalue weighted by Crippen LogP contribution is -2.39. The molecule has 96 valence electrons. The predicted octanol–water partition coefficient (Wildman–Crippen LogP) is 2.23. The summed E-state index contributed by atoms with van der Waals surface area (Å²) < 4.78 is 10.8. The van der Waals surface area contributed by atoms with E-state index in [0.29, 0.717) is 17.1 Å². The first-order chi connectivity index (χ1) is 8.42. The van der Waals surface area contributed by atoms with Gasteiger partial charge in [0.2, 0.25) is 0 Å². The molecule has 0 aromatic heterocycles. The standard InChI is InChI=1S/C14H16O4/c1-8(15)14(3)9(2)18-12-10(13(14)16)6-5-7-11(12)17-4/h5-7,13,16H,2H2,1,3-4H3. The van der Waals surface area contributed by atoms with Gasteiger partial charge in [0.25, 0.3) is 0 Å². The molecule has 1 aromatic rings. The SMILES string of the molecule is C=C1Oc2c(OC)cccc2C(O)C1(C)C(C)=O. The third-order valence-corrected chi connectivity index (χ3v) is 3.61. The monoisotopic (exact) mass is 248 g/mol. The summed E-state index contributed by atoms with van der Waals surface area (Å²) in [5, 5.41) is 10.4. The summed E-state index contributed by atoms with van der Waals surface area (Å²) in [6.07, 6.45) is -0.985. The van der Waals surface area contributed by atoms with E-state index in [1.54, 1.807) is 25.1 Å². The molecular weight excluding hydrogens is 232 g/mol. The van der Waals surface area contributed by atoms with Crippen molar-refractivity contribution in [2.24, 2.45) is 5.41 Å². The van der Waals surface area contributed by atoms with Crippen molar-refractivity contribution >= 4 is 5.78 Å². The fourth-order valence-electron chi connectivity index (χ4n) is 2.10. The maximum absolute atomic E-state index is 11.8. The number of hydrogen-bond donors (Lipinski definition) is 1. The number of ether oxygens (including phenoxy) is 2. The number of ketones is 1. The van der Waals surface area contributed by atoms with E-state index in [-0.39, 0.29) is 11.5 Å². The molecule has 2 atom stereocenters. The van der Waals surface area contributed by atoms with Gasteiger partial charge in [0.05, 0.1) is 7.11 Å². The van der Waals surface area contributed by atoms with Gasteiger partial charge in [-0.25, -0.2) is 0 Å². The van der Waals surface area contributed by atoms with E-state index in [1.807, 2.05) is 0 Å². The number of carbonyl (C=O) groups is 1. The Labute approximate surface area is 106 Å². The number of aliphatic hydroxyl groups is 1. The maximum Gasteiger partial charge on any atom is 0.174 e. The van der Waals surface area contributed by atoms with Crippen LogP contribution in [0.25, 0.3) is 0 Å². The van der Waals surface area contributed by atoms with E-state index < -0.39 is 11.5 Å². The zero-order valence-electron chi connectivity index (χ0n) is 10.7.